The number of ether oxygens (including phenoxy) is 2. The van der Waals surface area contributed by atoms with E-state index in [1.54, 1.807) is 11.3 Å². The molecule has 5 heteroatoms. The number of thiazole rings is 1. The summed E-state index contributed by atoms with van der Waals surface area (Å²) in [6.45, 7) is 8.24. The van der Waals surface area contributed by atoms with Crippen LogP contribution in [-0.2, 0) is 15.1 Å². The maximum Gasteiger partial charge on any atom is 0.164 e. The van der Waals surface area contributed by atoms with Crippen LogP contribution in [0.4, 0.5) is 0 Å². The summed E-state index contributed by atoms with van der Waals surface area (Å²) in [5.74, 6) is 0. The Morgan fingerprint density at radius 3 is 3.00 bits per heavy atom. The predicted molar refractivity (Wildman–Crippen MR) is 70.5 cm³/mol. The highest BCUT2D eigenvalue weighted by Crippen LogP contribution is 2.46. The fourth-order valence-electron chi connectivity index (χ4n) is 2.65. The SMILES string of the molecule is CC(C)(C)C1O[C@@H]2CNCC[C@]2(c2cscn2)O1. The van der Waals surface area contributed by atoms with E-state index in [1.807, 2.05) is 5.51 Å². The molecule has 18 heavy (non-hydrogen) atoms. The summed E-state index contributed by atoms with van der Waals surface area (Å²) in [5.41, 5.74) is 2.55. The summed E-state index contributed by atoms with van der Waals surface area (Å²) < 4.78 is 12.5. The zero-order valence-electron chi connectivity index (χ0n) is 11.1. The highest BCUT2D eigenvalue weighted by Gasteiger charge is 2.55. The topological polar surface area (TPSA) is 43.4 Å². The Balaban J connectivity index is 1.95. The smallest absolute Gasteiger partial charge is 0.164 e. The van der Waals surface area contributed by atoms with Crippen molar-refractivity contribution in [3.8, 4) is 0 Å². The molecule has 1 N–H and O–H groups in total. The van der Waals surface area contributed by atoms with Crippen molar-refractivity contribution in [1.29, 1.82) is 0 Å². The number of aromatic nitrogens is 1. The lowest BCUT2D eigenvalue weighted by Gasteiger charge is -2.35. The molecule has 0 radical (unpaired) electrons. The van der Waals surface area contributed by atoms with E-state index in [1.165, 1.54) is 0 Å². The van der Waals surface area contributed by atoms with Crippen LogP contribution in [0.2, 0.25) is 0 Å². The van der Waals surface area contributed by atoms with Crippen LogP contribution in [0.3, 0.4) is 0 Å². The van der Waals surface area contributed by atoms with Crippen LogP contribution in [0, 0.1) is 5.41 Å². The number of hydrogen-bond donors (Lipinski definition) is 1. The largest absolute Gasteiger partial charge is 0.344 e. The maximum absolute atomic E-state index is 6.34. The van der Waals surface area contributed by atoms with Crippen molar-refractivity contribution in [2.45, 2.75) is 45.2 Å². The van der Waals surface area contributed by atoms with Crippen LogP contribution in [-0.4, -0.2) is 30.5 Å². The Morgan fingerprint density at radius 1 is 1.50 bits per heavy atom. The molecule has 0 saturated carbocycles. The van der Waals surface area contributed by atoms with Crippen molar-refractivity contribution in [3.63, 3.8) is 0 Å². The Bertz CT molecular complexity index is 415. The van der Waals surface area contributed by atoms with Gasteiger partial charge < -0.3 is 14.8 Å². The molecule has 1 aromatic heterocycles. The molecule has 3 heterocycles. The van der Waals surface area contributed by atoms with Crippen molar-refractivity contribution in [2.75, 3.05) is 13.1 Å². The number of piperidine rings is 1. The third-order valence-electron chi connectivity index (χ3n) is 3.70. The minimum atomic E-state index is -0.344. The fourth-order valence-corrected chi connectivity index (χ4v) is 3.27. The lowest BCUT2D eigenvalue weighted by molar-refractivity contribution is -0.150. The second-order valence-electron chi connectivity index (χ2n) is 6.16. The van der Waals surface area contributed by atoms with Crippen LogP contribution >= 0.6 is 11.3 Å². The lowest BCUT2D eigenvalue weighted by Crippen LogP contribution is -2.50. The Hall–Kier alpha value is -0.490. The van der Waals surface area contributed by atoms with Crippen LogP contribution in [0.1, 0.15) is 32.9 Å². The molecular weight excluding hydrogens is 248 g/mol. The molecule has 0 bridgehead atoms. The highest BCUT2D eigenvalue weighted by atomic mass is 32.1. The fraction of sp³-hybridized carbons (Fsp3) is 0.769. The van der Waals surface area contributed by atoms with Crippen molar-refractivity contribution < 1.29 is 9.47 Å². The standard InChI is InChI=1S/C13H20N2O2S/c1-12(2,3)11-16-10-6-14-5-4-13(10,17-11)9-7-18-8-15-9/h7-8,10-11,14H,4-6H2,1-3H3/t10-,11?,13-/m1/s1. The molecule has 1 unspecified atom stereocenters. The Morgan fingerprint density at radius 2 is 2.33 bits per heavy atom. The van der Waals surface area contributed by atoms with Gasteiger partial charge in [-0.2, -0.15) is 0 Å². The summed E-state index contributed by atoms with van der Waals surface area (Å²) in [6.07, 6.45) is 0.829. The van der Waals surface area contributed by atoms with E-state index < -0.39 is 0 Å². The molecule has 2 aliphatic heterocycles. The zero-order chi connectivity index (χ0) is 12.8. The minimum Gasteiger partial charge on any atom is -0.344 e. The molecule has 100 valence electrons. The second-order valence-corrected chi connectivity index (χ2v) is 6.88. The number of nitrogens with one attached hydrogen (secondary N) is 1. The van der Waals surface area contributed by atoms with E-state index in [0.717, 1.165) is 25.2 Å². The average Bonchev–Trinajstić information content (AvgIpc) is 2.96. The van der Waals surface area contributed by atoms with Crippen molar-refractivity contribution in [1.82, 2.24) is 10.3 Å². The van der Waals surface area contributed by atoms with Crippen LogP contribution in [0.25, 0.3) is 0 Å². The van der Waals surface area contributed by atoms with Gasteiger partial charge in [0.2, 0.25) is 0 Å². The molecule has 2 fully saturated rings. The van der Waals surface area contributed by atoms with Gasteiger partial charge in [-0.1, -0.05) is 20.8 Å². The van der Waals surface area contributed by atoms with Gasteiger partial charge in [0.15, 0.2) is 6.29 Å². The molecule has 3 rings (SSSR count). The number of fused-ring (bicyclic) bond motifs is 1. The van der Waals surface area contributed by atoms with E-state index in [-0.39, 0.29) is 23.4 Å². The van der Waals surface area contributed by atoms with E-state index in [0.29, 0.717) is 0 Å². The highest BCUT2D eigenvalue weighted by molar-refractivity contribution is 7.07. The van der Waals surface area contributed by atoms with Gasteiger partial charge in [-0.15, -0.1) is 11.3 Å². The van der Waals surface area contributed by atoms with E-state index in [2.05, 4.69) is 36.5 Å². The molecule has 0 aliphatic carbocycles. The first kappa shape index (κ1) is 12.5. The number of rotatable bonds is 1. The molecule has 0 aromatic carbocycles. The quantitative estimate of drug-likeness (QED) is 0.847. The first-order chi connectivity index (χ1) is 8.52. The van der Waals surface area contributed by atoms with Gasteiger partial charge in [0.1, 0.15) is 11.7 Å². The monoisotopic (exact) mass is 268 g/mol. The second kappa shape index (κ2) is 4.27. The van der Waals surface area contributed by atoms with Gasteiger partial charge in [-0.05, 0) is 13.0 Å². The first-order valence-electron chi connectivity index (χ1n) is 6.45. The number of hydrogen-bond acceptors (Lipinski definition) is 5. The molecule has 2 saturated heterocycles. The zero-order valence-corrected chi connectivity index (χ0v) is 11.9. The molecule has 2 aliphatic rings. The lowest BCUT2D eigenvalue weighted by atomic mass is 9.87. The first-order valence-corrected chi connectivity index (χ1v) is 7.39. The van der Waals surface area contributed by atoms with E-state index >= 15 is 0 Å². The summed E-state index contributed by atoms with van der Waals surface area (Å²) in [6, 6.07) is 0. The maximum atomic E-state index is 6.34. The minimum absolute atomic E-state index is 0.0135. The van der Waals surface area contributed by atoms with Gasteiger partial charge >= 0.3 is 0 Å². The van der Waals surface area contributed by atoms with E-state index in [9.17, 15) is 0 Å². The third kappa shape index (κ3) is 1.90. The molecular formula is C13H20N2O2S. The number of nitrogens with zero attached hydrogens (tertiary/aromatic N) is 1. The van der Waals surface area contributed by atoms with Crippen LogP contribution in [0.5, 0.6) is 0 Å². The summed E-state index contributed by atoms with van der Waals surface area (Å²) in [5, 5.41) is 5.48. The van der Waals surface area contributed by atoms with Gasteiger partial charge in [-0.25, -0.2) is 4.98 Å². The van der Waals surface area contributed by atoms with Gasteiger partial charge in [-0.3, -0.25) is 0 Å². The van der Waals surface area contributed by atoms with Gasteiger partial charge in [0.25, 0.3) is 0 Å². The van der Waals surface area contributed by atoms with Crippen molar-refractivity contribution in [3.05, 3.63) is 16.6 Å². The van der Waals surface area contributed by atoms with E-state index in [4.69, 9.17) is 9.47 Å². The predicted octanol–water partition coefficient (Wildman–Crippen LogP) is 2.12. The average molecular weight is 268 g/mol. The summed E-state index contributed by atoms with van der Waals surface area (Å²) in [4.78, 5) is 4.48. The molecule has 3 atom stereocenters. The Kier molecular flexibility index (Phi) is 2.97. The molecule has 4 nitrogen and oxygen atoms in total. The van der Waals surface area contributed by atoms with Gasteiger partial charge in [0, 0.05) is 17.3 Å². The third-order valence-corrected chi connectivity index (χ3v) is 4.29. The summed E-state index contributed by atoms with van der Waals surface area (Å²) in [7, 11) is 0. The van der Waals surface area contributed by atoms with Crippen LogP contribution in [0.15, 0.2) is 10.9 Å². The van der Waals surface area contributed by atoms with Gasteiger partial charge in [0.05, 0.1) is 11.2 Å². The normalized spacial score (nSPS) is 36.6. The molecule has 0 spiro atoms. The van der Waals surface area contributed by atoms with Crippen LogP contribution < -0.4 is 5.32 Å². The molecule has 1 aromatic rings. The Labute approximate surface area is 112 Å². The van der Waals surface area contributed by atoms with Crippen molar-refractivity contribution in [2.24, 2.45) is 5.41 Å². The molecule has 0 amide bonds. The summed E-state index contributed by atoms with van der Waals surface area (Å²) >= 11 is 1.62. The van der Waals surface area contributed by atoms with Crippen molar-refractivity contribution >= 4 is 11.3 Å².